The van der Waals surface area contributed by atoms with Gasteiger partial charge in [-0.05, 0) is 23.3 Å². The van der Waals surface area contributed by atoms with Crippen molar-refractivity contribution in [2.75, 3.05) is 18.1 Å². The van der Waals surface area contributed by atoms with Crippen LogP contribution < -0.4 is 15.6 Å². The number of β-lactam (4-membered cyclic amide) rings is 1. The molecule has 3 heterocycles. The van der Waals surface area contributed by atoms with Crippen LogP contribution in [0.1, 0.15) is 5.56 Å². The molecule has 8 nitrogen and oxygen atoms in total. The Morgan fingerprint density at radius 1 is 1.22 bits per heavy atom. The number of rotatable bonds is 8. The molecule has 2 aromatic rings. The van der Waals surface area contributed by atoms with Crippen LogP contribution in [0.3, 0.4) is 0 Å². The average molecular weight is 583 g/mol. The molecule has 0 spiro atoms. The molecule has 3 N–H and O–H groups in total. The number of benzene rings is 1. The van der Waals surface area contributed by atoms with Crippen molar-refractivity contribution in [1.29, 1.82) is 0 Å². The molecule has 1 aromatic carbocycles. The van der Waals surface area contributed by atoms with Crippen molar-refractivity contribution in [2.24, 2.45) is 0 Å². The normalized spacial score (nSPS) is 19.4. The van der Waals surface area contributed by atoms with Crippen molar-refractivity contribution in [3.05, 3.63) is 83.8 Å². The number of hydrogen-bond donors (Lipinski definition) is 2. The van der Waals surface area contributed by atoms with E-state index in [9.17, 15) is 14.4 Å². The fourth-order valence-electron chi connectivity index (χ4n) is 3.95. The molecule has 2 amide bonds. The maximum absolute atomic E-state index is 13.1. The van der Waals surface area contributed by atoms with Crippen molar-refractivity contribution in [1.82, 2.24) is 10.2 Å². The number of nitrogens with one attached hydrogen (secondary N) is 1. The molecule has 12 heteroatoms. The van der Waals surface area contributed by atoms with E-state index >= 15 is 0 Å². The Morgan fingerprint density at radius 3 is 2.68 bits per heavy atom. The van der Waals surface area contributed by atoms with Crippen LogP contribution in [0.2, 0.25) is 0 Å². The molecule has 0 radical (unpaired) electrons. The van der Waals surface area contributed by atoms with Gasteiger partial charge in [0, 0.05) is 11.8 Å². The minimum Gasteiger partial charge on any atom is -0.456 e. The Balaban J connectivity index is 1.51. The number of carbonyl (C=O) groups excluding carboxylic acids is 3. The molecule has 1 saturated heterocycles. The SMILES string of the molecule is Nc1ccc[n+](CC=CC2=C(C(=O)OCC(Cl)(Cl)Cl)N3C(=O)[C@@H](NC(=O)Cc4ccccc4)[C@@H]3SC2)c1. The lowest BCUT2D eigenvalue weighted by atomic mass is 10.0. The second-order valence-electron chi connectivity index (χ2n) is 8.42. The minimum absolute atomic E-state index is 0.0744. The highest BCUT2D eigenvalue weighted by Crippen LogP contribution is 2.41. The van der Waals surface area contributed by atoms with Gasteiger partial charge in [0.15, 0.2) is 18.9 Å². The number of allylic oxidation sites excluding steroid dienone is 2. The first-order valence-corrected chi connectivity index (χ1v) is 13.5. The number of carbonyl (C=O) groups is 3. The maximum Gasteiger partial charge on any atom is 0.355 e. The third-order valence-electron chi connectivity index (χ3n) is 5.60. The van der Waals surface area contributed by atoms with Gasteiger partial charge >= 0.3 is 5.97 Å². The highest BCUT2D eigenvalue weighted by molar-refractivity contribution is 8.00. The fourth-order valence-corrected chi connectivity index (χ4v) is 5.44. The summed E-state index contributed by atoms with van der Waals surface area (Å²) in [5.74, 6) is -1.06. The van der Waals surface area contributed by atoms with Crippen LogP contribution in [-0.4, -0.2) is 50.3 Å². The summed E-state index contributed by atoms with van der Waals surface area (Å²) >= 11 is 18.7. The molecule has 2 aliphatic heterocycles. The second kappa shape index (κ2) is 11.8. The van der Waals surface area contributed by atoms with E-state index in [1.165, 1.54) is 16.7 Å². The molecule has 0 saturated carbocycles. The number of thioether (sulfide) groups is 1. The van der Waals surface area contributed by atoms with Crippen LogP contribution in [0.15, 0.2) is 78.3 Å². The quantitative estimate of drug-likeness (QED) is 0.215. The highest BCUT2D eigenvalue weighted by atomic mass is 35.6. The number of nitrogens with zero attached hydrogens (tertiary/aromatic N) is 2. The molecular formula is C25H24Cl3N4O4S+. The first-order chi connectivity index (χ1) is 17.6. The topological polar surface area (TPSA) is 106 Å². The van der Waals surface area contributed by atoms with Gasteiger partial charge in [0.2, 0.25) is 9.70 Å². The maximum atomic E-state index is 13.1. The van der Waals surface area contributed by atoms with Crippen molar-refractivity contribution in [3.8, 4) is 0 Å². The summed E-state index contributed by atoms with van der Waals surface area (Å²) < 4.78 is 5.29. The standard InChI is InChI=1S/C25H23Cl3N4O4S/c26-25(27,28)15-36-24(35)21-17(8-4-10-31-11-5-9-18(29)13-31)14-37-23-20(22(34)32(21)23)30-19(33)12-16-6-2-1-3-7-16/h1-9,11,13,20,23H,10,12,14-15,29H2/p+1/t20-,23+/m1/s1. The number of hydrogen-bond acceptors (Lipinski definition) is 6. The summed E-state index contributed by atoms with van der Waals surface area (Å²) in [6, 6.07) is 12.1. The van der Waals surface area contributed by atoms with E-state index in [-0.39, 0.29) is 18.0 Å². The molecule has 2 atom stereocenters. The second-order valence-corrected chi connectivity index (χ2v) is 12.0. The molecule has 194 valence electrons. The summed E-state index contributed by atoms with van der Waals surface area (Å²) in [5, 5.41) is 2.34. The zero-order valence-corrected chi connectivity index (χ0v) is 22.6. The van der Waals surface area contributed by atoms with E-state index in [0.717, 1.165) is 5.56 Å². The van der Waals surface area contributed by atoms with E-state index in [0.29, 0.717) is 23.6 Å². The number of esters is 1. The average Bonchev–Trinajstić information content (AvgIpc) is 2.85. The number of halogens is 3. The number of nitrogen functional groups attached to an aromatic ring is 1. The smallest absolute Gasteiger partial charge is 0.355 e. The monoisotopic (exact) mass is 581 g/mol. The minimum atomic E-state index is -1.80. The number of alkyl halides is 3. The number of fused-ring (bicyclic) bond motifs is 1. The van der Waals surface area contributed by atoms with E-state index in [2.05, 4.69) is 5.32 Å². The lowest BCUT2D eigenvalue weighted by molar-refractivity contribution is -0.686. The first-order valence-electron chi connectivity index (χ1n) is 11.3. The summed E-state index contributed by atoms with van der Waals surface area (Å²) in [4.78, 5) is 40.1. The molecule has 2 aliphatic rings. The molecule has 37 heavy (non-hydrogen) atoms. The number of anilines is 1. The van der Waals surface area contributed by atoms with Gasteiger partial charge in [0.1, 0.15) is 23.7 Å². The van der Waals surface area contributed by atoms with E-state index in [4.69, 9.17) is 45.3 Å². The molecular weight excluding hydrogens is 559 g/mol. The van der Waals surface area contributed by atoms with E-state index < -0.39 is 33.7 Å². The third kappa shape index (κ3) is 6.98. The first kappa shape index (κ1) is 27.3. The zero-order chi connectivity index (χ0) is 26.6. The number of aromatic nitrogens is 1. The van der Waals surface area contributed by atoms with Gasteiger partial charge in [0.05, 0.1) is 12.1 Å². The Morgan fingerprint density at radius 2 is 1.97 bits per heavy atom. The van der Waals surface area contributed by atoms with Gasteiger partial charge in [-0.25, -0.2) is 4.79 Å². The molecule has 0 aliphatic carbocycles. The number of nitrogens with two attached hydrogens (primary N) is 1. The Hall–Kier alpha value is -2.72. The Kier molecular flexibility index (Phi) is 8.69. The van der Waals surface area contributed by atoms with Crippen LogP contribution in [0.5, 0.6) is 0 Å². The predicted octanol–water partition coefficient (Wildman–Crippen LogP) is 2.92. The largest absolute Gasteiger partial charge is 0.456 e. The molecule has 4 rings (SSSR count). The summed E-state index contributed by atoms with van der Waals surface area (Å²) in [7, 11) is 0. The highest BCUT2D eigenvalue weighted by Gasteiger charge is 2.54. The molecule has 0 bridgehead atoms. The lowest BCUT2D eigenvalue weighted by Gasteiger charge is -2.49. The van der Waals surface area contributed by atoms with Gasteiger partial charge in [0.25, 0.3) is 5.91 Å². The fraction of sp³-hybridized carbons (Fsp3) is 0.280. The van der Waals surface area contributed by atoms with Gasteiger partial charge in [-0.1, -0.05) is 71.2 Å². The van der Waals surface area contributed by atoms with Crippen LogP contribution in [0.25, 0.3) is 0 Å². The van der Waals surface area contributed by atoms with Gasteiger partial charge < -0.3 is 15.8 Å². The predicted molar refractivity (Wildman–Crippen MR) is 144 cm³/mol. The van der Waals surface area contributed by atoms with Crippen molar-refractivity contribution >= 4 is 70.0 Å². The van der Waals surface area contributed by atoms with Gasteiger partial charge in [-0.15, -0.1) is 11.8 Å². The Bertz CT molecular complexity index is 1250. The van der Waals surface area contributed by atoms with Crippen LogP contribution >= 0.6 is 46.6 Å². The zero-order valence-electron chi connectivity index (χ0n) is 19.5. The molecule has 1 aromatic heterocycles. The molecule has 0 unspecified atom stereocenters. The Labute approximate surface area is 233 Å². The van der Waals surface area contributed by atoms with Crippen LogP contribution in [0, 0.1) is 0 Å². The molecule has 1 fully saturated rings. The lowest BCUT2D eigenvalue weighted by Crippen LogP contribution is -2.70. The van der Waals surface area contributed by atoms with Crippen LogP contribution in [-0.2, 0) is 32.1 Å². The van der Waals surface area contributed by atoms with Crippen molar-refractivity contribution in [3.63, 3.8) is 0 Å². The summed E-state index contributed by atoms with van der Waals surface area (Å²) in [6.45, 7) is 0.0123. The van der Waals surface area contributed by atoms with E-state index in [1.54, 1.807) is 18.3 Å². The number of ether oxygens (including phenoxy) is 1. The van der Waals surface area contributed by atoms with E-state index in [1.807, 2.05) is 53.2 Å². The summed E-state index contributed by atoms with van der Waals surface area (Å²) in [6.07, 6.45) is 7.40. The number of pyridine rings is 1. The summed E-state index contributed by atoms with van der Waals surface area (Å²) in [5.41, 5.74) is 7.94. The van der Waals surface area contributed by atoms with Crippen LogP contribution in [0.4, 0.5) is 5.69 Å². The van der Waals surface area contributed by atoms with Crippen molar-refractivity contribution < 1.29 is 23.7 Å². The van der Waals surface area contributed by atoms with Gasteiger partial charge in [-0.3, -0.25) is 14.5 Å². The number of amides is 2. The van der Waals surface area contributed by atoms with Gasteiger partial charge in [-0.2, -0.15) is 4.57 Å². The third-order valence-corrected chi connectivity index (χ3v) is 7.23. The van der Waals surface area contributed by atoms with Crippen molar-refractivity contribution in [2.45, 2.75) is 28.2 Å².